The number of hydrogen-bond acceptors (Lipinski definition) is 5. The zero-order chi connectivity index (χ0) is 20.7. The van der Waals surface area contributed by atoms with E-state index in [4.69, 9.17) is 9.15 Å². The third-order valence-electron chi connectivity index (χ3n) is 6.23. The molecule has 5 nitrogen and oxygen atoms in total. The normalized spacial score (nSPS) is 22.3. The van der Waals surface area contributed by atoms with Gasteiger partial charge in [0.2, 0.25) is 0 Å². The molecule has 1 aromatic carbocycles. The number of Topliss-reactive ketones (excluding diaryl/α,β-unsaturated/α-hetero) is 2. The van der Waals surface area contributed by atoms with Crippen LogP contribution in [0.3, 0.4) is 0 Å². The number of carbonyl (C=O) groups excluding carboxylic acids is 3. The summed E-state index contributed by atoms with van der Waals surface area (Å²) in [6.07, 6.45) is 4.08. The highest BCUT2D eigenvalue weighted by Crippen LogP contribution is 2.59. The predicted octanol–water partition coefficient (Wildman–Crippen LogP) is 4.64. The Morgan fingerprint density at radius 1 is 1.24 bits per heavy atom. The van der Waals surface area contributed by atoms with Crippen LogP contribution in [0.4, 0.5) is 4.39 Å². The van der Waals surface area contributed by atoms with Gasteiger partial charge in [-0.05, 0) is 23.5 Å². The number of halogens is 1. The van der Waals surface area contributed by atoms with E-state index in [2.05, 4.69) is 13.8 Å². The van der Waals surface area contributed by atoms with Crippen molar-refractivity contribution in [2.24, 2.45) is 5.41 Å². The van der Waals surface area contributed by atoms with Gasteiger partial charge in [0.05, 0.1) is 11.8 Å². The molecule has 1 heterocycles. The molecule has 0 amide bonds. The predicted molar refractivity (Wildman–Crippen MR) is 103 cm³/mol. The van der Waals surface area contributed by atoms with Crippen LogP contribution in [0.1, 0.15) is 57.1 Å². The van der Waals surface area contributed by atoms with E-state index in [-0.39, 0.29) is 46.9 Å². The number of ether oxygens (including phenoxy) is 1. The smallest absolute Gasteiger partial charge is 0.308 e. The molecule has 0 aliphatic heterocycles. The van der Waals surface area contributed by atoms with Gasteiger partial charge in [-0.15, -0.1) is 0 Å². The monoisotopic (exact) mass is 394 g/mol. The number of ketones is 2. The van der Waals surface area contributed by atoms with Crippen molar-refractivity contribution in [3.63, 3.8) is 0 Å². The molecule has 0 saturated heterocycles. The first-order valence-electron chi connectivity index (χ1n) is 9.58. The topological polar surface area (TPSA) is 73.6 Å². The van der Waals surface area contributed by atoms with Crippen LogP contribution in [-0.2, 0) is 14.4 Å². The minimum Gasteiger partial charge on any atom is -0.439 e. The van der Waals surface area contributed by atoms with Gasteiger partial charge in [-0.25, -0.2) is 0 Å². The van der Waals surface area contributed by atoms with Crippen molar-refractivity contribution in [3.8, 4) is 5.75 Å². The van der Waals surface area contributed by atoms with Crippen molar-refractivity contribution in [1.82, 2.24) is 0 Å². The molecule has 1 atom stereocenters. The quantitative estimate of drug-likeness (QED) is 0.400. The largest absolute Gasteiger partial charge is 0.439 e. The minimum absolute atomic E-state index is 0.0663. The summed E-state index contributed by atoms with van der Waals surface area (Å²) < 4.78 is 24.7. The standard InChI is InChI=1S/C23H19FO5/c1-10(25)29-18-7-13-15(9-28-22(13)24)20-14(18)6-16-21(20)19-11(8-23(16,2)3)4-12(26)5-17(19)27/h6-7,9,21H,4-5,8H2,1-3H3. The van der Waals surface area contributed by atoms with Gasteiger partial charge in [0, 0.05) is 35.8 Å². The fraction of sp³-hybridized carbons (Fsp3) is 0.348. The maximum absolute atomic E-state index is 14.3. The number of furan rings is 1. The van der Waals surface area contributed by atoms with Crippen LogP contribution < -0.4 is 4.74 Å². The van der Waals surface area contributed by atoms with E-state index in [1.165, 1.54) is 19.3 Å². The van der Waals surface area contributed by atoms with Crippen LogP contribution in [0.5, 0.6) is 5.75 Å². The molecule has 0 N–H and O–H groups in total. The van der Waals surface area contributed by atoms with Crippen molar-refractivity contribution in [2.75, 3.05) is 0 Å². The molecule has 1 aromatic heterocycles. The van der Waals surface area contributed by atoms with Crippen molar-refractivity contribution in [1.29, 1.82) is 0 Å². The Morgan fingerprint density at radius 2 is 2.00 bits per heavy atom. The van der Waals surface area contributed by atoms with E-state index < -0.39 is 12.0 Å². The van der Waals surface area contributed by atoms with E-state index in [1.807, 2.05) is 6.08 Å². The molecule has 5 rings (SSSR count). The Hall–Kier alpha value is -3.02. The number of rotatable bonds is 1. The van der Waals surface area contributed by atoms with Gasteiger partial charge in [0.25, 0.3) is 6.01 Å². The number of benzene rings is 1. The molecule has 1 unspecified atom stereocenters. The van der Waals surface area contributed by atoms with E-state index in [0.29, 0.717) is 28.5 Å². The lowest BCUT2D eigenvalue weighted by Gasteiger charge is -2.41. The molecule has 0 saturated carbocycles. The number of allylic oxidation sites excluding steroid dienone is 3. The summed E-state index contributed by atoms with van der Waals surface area (Å²) in [6.45, 7) is 5.44. The Kier molecular flexibility index (Phi) is 3.58. The first kappa shape index (κ1) is 18.0. The Morgan fingerprint density at radius 3 is 2.72 bits per heavy atom. The molecule has 6 heteroatoms. The molecular formula is C23H19FO5. The molecule has 0 radical (unpaired) electrons. The van der Waals surface area contributed by atoms with Crippen molar-refractivity contribution in [3.05, 3.63) is 46.2 Å². The molecule has 29 heavy (non-hydrogen) atoms. The van der Waals surface area contributed by atoms with Gasteiger partial charge in [0.15, 0.2) is 5.78 Å². The number of esters is 1. The third-order valence-corrected chi connectivity index (χ3v) is 6.23. The zero-order valence-electron chi connectivity index (χ0n) is 16.3. The fourth-order valence-electron chi connectivity index (χ4n) is 5.18. The van der Waals surface area contributed by atoms with Crippen LogP contribution in [0.25, 0.3) is 16.8 Å². The van der Waals surface area contributed by atoms with E-state index in [0.717, 1.165) is 11.1 Å². The first-order valence-corrected chi connectivity index (χ1v) is 9.58. The zero-order valence-corrected chi connectivity index (χ0v) is 16.3. The molecule has 0 fully saturated rings. The molecule has 2 aromatic rings. The van der Waals surface area contributed by atoms with Crippen molar-refractivity contribution >= 4 is 34.4 Å². The highest BCUT2D eigenvalue weighted by atomic mass is 19.1. The molecule has 3 aliphatic rings. The molecule has 0 spiro atoms. The van der Waals surface area contributed by atoms with Gasteiger partial charge in [-0.1, -0.05) is 31.1 Å². The minimum atomic E-state index is -0.765. The molecule has 3 aliphatic carbocycles. The van der Waals surface area contributed by atoms with Crippen LogP contribution in [-0.4, -0.2) is 17.5 Å². The third kappa shape index (κ3) is 2.48. The second-order valence-electron chi connectivity index (χ2n) is 8.69. The van der Waals surface area contributed by atoms with Crippen LogP contribution in [0.15, 0.2) is 33.5 Å². The summed E-state index contributed by atoms with van der Waals surface area (Å²) in [4.78, 5) is 36.7. The average Bonchev–Trinajstić information content (AvgIpc) is 3.16. The van der Waals surface area contributed by atoms with Gasteiger partial charge >= 0.3 is 5.97 Å². The fourth-order valence-corrected chi connectivity index (χ4v) is 5.18. The van der Waals surface area contributed by atoms with Crippen molar-refractivity contribution in [2.45, 2.75) is 46.0 Å². The van der Waals surface area contributed by atoms with Gasteiger partial charge in [-0.2, -0.15) is 4.39 Å². The Labute approximate surface area is 166 Å². The van der Waals surface area contributed by atoms with Crippen LogP contribution >= 0.6 is 0 Å². The van der Waals surface area contributed by atoms with Crippen molar-refractivity contribution < 1.29 is 27.9 Å². The lowest BCUT2D eigenvalue weighted by Crippen LogP contribution is -2.33. The number of hydrogen-bond donors (Lipinski definition) is 0. The summed E-state index contributed by atoms with van der Waals surface area (Å²) in [5, 5.41) is 0.762. The number of carbonyl (C=O) groups is 3. The summed E-state index contributed by atoms with van der Waals surface area (Å²) in [7, 11) is 0. The van der Waals surface area contributed by atoms with Crippen LogP contribution in [0, 0.1) is 11.4 Å². The first-order chi connectivity index (χ1) is 13.7. The molecular weight excluding hydrogens is 375 g/mol. The number of fused-ring (bicyclic) bond motifs is 6. The summed E-state index contributed by atoms with van der Waals surface area (Å²) in [5.41, 5.74) is 3.58. The SMILES string of the molecule is CC(=O)Oc1cc2c(F)occ2c2c1C=C1C2C2=C(CC(=O)CC2=O)CC1(C)C. The summed E-state index contributed by atoms with van der Waals surface area (Å²) >= 11 is 0. The van der Waals surface area contributed by atoms with E-state index >= 15 is 0 Å². The summed E-state index contributed by atoms with van der Waals surface area (Å²) in [6, 6.07) is 0.705. The average molecular weight is 394 g/mol. The maximum atomic E-state index is 14.3. The lowest BCUT2D eigenvalue weighted by atomic mass is 9.62. The van der Waals surface area contributed by atoms with Gasteiger partial charge in [-0.3, -0.25) is 14.4 Å². The van der Waals surface area contributed by atoms with Crippen LogP contribution in [0.2, 0.25) is 0 Å². The Bertz CT molecular complexity index is 1210. The van der Waals surface area contributed by atoms with E-state index in [1.54, 1.807) is 0 Å². The maximum Gasteiger partial charge on any atom is 0.308 e. The van der Waals surface area contributed by atoms with Gasteiger partial charge in [0.1, 0.15) is 17.8 Å². The highest BCUT2D eigenvalue weighted by molar-refractivity contribution is 6.14. The Balaban J connectivity index is 1.85. The van der Waals surface area contributed by atoms with Gasteiger partial charge < -0.3 is 9.15 Å². The molecule has 0 bridgehead atoms. The highest BCUT2D eigenvalue weighted by Gasteiger charge is 2.48. The second kappa shape index (κ2) is 5.75. The molecule has 148 valence electrons. The second-order valence-corrected chi connectivity index (χ2v) is 8.69. The summed E-state index contributed by atoms with van der Waals surface area (Å²) in [5.74, 6) is -0.894. The van der Waals surface area contributed by atoms with E-state index in [9.17, 15) is 18.8 Å². The lowest BCUT2D eigenvalue weighted by molar-refractivity contribution is -0.132.